The number of hydrogen-bond donors (Lipinski definition) is 1. The van der Waals surface area contributed by atoms with E-state index in [9.17, 15) is 9.59 Å². The van der Waals surface area contributed by atoms with Crippen LogP contribution >= 0.6 is 34.7 Å². The molecule has 1 aliphatic heterocycles. The summed E-state index contributed by atoms with van der Waals surface area (Å²) in [7, 11) is 0. The Labute approximate surface area is 209 Å². The molecule has 168 valence electrons. The molecule has 0 unspecified atom stereocenters. The number of rotatable bonds is 6. The molecule has 34 heavy (non-hydrogen) atoms. The molecule has 0 spiro atoms. The fourth-order valence-electron chi connectivity index (χ4n) is 3.34. The van der Waals surface area contributed by atoms with Gasteiger partial charge in [0.15, 0.2) is 10.2 Å². The summed E-state index contributed by atoms with van der Waals surface area (Å²) in [4.78, 5) is 35.0. The minimum Gasteiger partial charge on any atom is -0.272 e. The van der Waals surface area contributed by atoms with Gasteiger partial charge in [0.05, 0.1) is 16.0 Å². The van der Waals surface area contributed by atoms with Gasteiger partial charge < -0.3 is 0 Å². The van der Waals surface area contributed by atoms with Gasteiger partial charge in [-0.15, -0.1) is 11.3 Å². The number of para-hydroxylation sites is 1. The maximum Gasteiger partial charge on any atom is 0.297 e. The molecular weight excluding hydrogens is 488 g/mol. The van der Waals surface area contributed by atoms with Crippen molar-refractivity contribution in [2.75, 3.05) is 5.75 Å². The molecule has 0 fully saturated rings. The first-order chi connectivity index (χ1) is 16.6. The van der Waals surface area contributed by atoms with Gasteiger partial charge in [-0.2, -0.15) is 5.01 Å². The third kappa shape index (κ3) is 4.75. The Morgan fingerprint density at radius 2 is 1.76 bits per heavy atom. The molecule has 6 nitrogen and oxygen atoms in total. The van der Waals surface area contributed by atoms with Gasteiger partial charge in [0.1, 0.15) is 5.70 Å². The molecule has 0 bridgehead atoms. The highest BCUT2D eigenvalue weighted by atomic mass is 35.5. The summed E-state index contributed by atoms with van der Waals surface area (Å²) in [6.07, 6.45) is 1.62. The molecule has 0 atom stereocenters. The number of carbonyl (C=O) groups excluding carboxylic acids is 2. The second-order valence-electron chi connectivity index (χ2n) is 7.26. The zero-order chi connectivity index (χ0) is 23.5. The number of amides is 2. The Morgan fingerprint density at radius 1 is 1.03 bits per heavy atom. The molecular formula is C25H17ClN4O2S2. The molecule has 1 N–H and O–H groups in total. The van der Waals surface area contributed by atoms with E-state index in [1.807, 2.05) is 66.7 Å². The topological polar surface area (TPSA) is 74.7 Å². The van der Waals surface area contributed by atoms with Crippen LogP contribution < -0.4 is 5.43 Å². The number of amidine groups is 1. The Bertz CT molecular complexity index is 1420. The SMILES string of the molecule is O=C(CSc1nc2ccccc2s1)NN1C(=O)/C(=C\c2ccccc2Cl)N=C1c1ccccc1. The molecule has 0 radical (unpaired) electrons. The van der Waals surface area contributed by atoms with Crippen molar-refractivity contribution in [1.82, 2.24) is 15.4 Å². The molecule has 1 aliphatic rings. The highest BCUT2D eigenvalue weighted by molar-refractivity contribution is 8.01. The van der Waals surface area contributed by atoms with E-state index in [-0.39, 0.29) is 17.4 Å². The van der Waals surface area contributed by atoms with Crippen LogP contribution in [0.2, 0.25) is 5.02 Å². The van der Waals surface area contributed by atoms with Crippen molar-refractivity contribution in [1.29, 1.82) is 0 Å². The van der Waals surface area contributed by atoms with Gasteiger partial charge in [-0.1, -0.05) is 84.0 Å². The van der Waals surface area contributed by atoms with Crippen LogP contribution in [-0.4, -0.2) is 33.4 Å². The lowest BCUT2D eigenvalue weighted by Crippen LogP contribution is -2.48. The minimum atomic E-state index is -0.433. The van der Waals surface area contributed by atoms with Gasteiger partial charge in [-0.05, 0) is 29.8 Å². The number of hydrazine groups is 1. The quantitative estimate of drug-likeness (QED) is 0.282. The van der Waals surface area contributed by atoms with E-state index in [1.54, 1.807) is 18.2 Å². The van der Waals surface area contributed by atoms with Crippen molar-refractivity contribution in [3.8, 4) is 0 Å². The Balaban J connectivity index is 1.36. The highest BCUT2D eigenvalue weighted by Crippen LogP contribution is 2.29. The lowest BCUT2D eigenvalue weighted by Gasteiger charge is -2.19. The standard InChI is InChI=1S/C25H17ClN4O2S2/c26-18-11-5-4-10-17(18)14-20-24(32)30(23(27-20)16-8-2-1-3-9-16)29-22(31)15-33-25-28-19-12-6-7-13-21(19)34-25/h1-14H,15H2,(H,29,31)/b20-14+. The van der Waals surface area contributed by atoms with Gasteiger partial charge in [0, 0.05) is 10.6 Å². The van der Waals surface area contributed by atoms with E-state index in [0.717, 1.165) is 14.6 Å². The summed E-state index contributed by atoms with van der Waals surface area (Å²) >= 11 is 9.11. The lowest BCUT2D eigenvalue weighted by atomic mass is 10.2. The molecule has 3 aromatic carbocycles. The van der Waals surface area contributed by atoms with Gasteiger partial charge in [0.2, 0.25) is 5.91 Å². The molecule has 1 aromatic heterocycles. The second-order valence-corrected chi connectivity index (χ2v) is 9.92. The maximum absolute atomic E-state index is 13.2. The Kier molecular flexibility index (Phi) is 6.44. The van der Waals surface area contributed by atoms with Crippen LogP contribution in [0.15, 0.2) is 93.9 Å². The Morgan fingerprint density at radius 3 is 2.56 bits per heavy atom. The monoisotopic (exact) mass is 504 g/mol. The van der Waals surface area contributed by atoms with E-state index >= 15 is 0 Å². The number of carbonyl (C=O) groups is 2. The lowest BCUT2D eigenvalue weighted by molar-refractivity contribution is -0.132. The van der Waals surface area contributed by atoms with Gasteiger partial charge in [0.25, 0.3) is 5.91 Å². The molecule has 4 aromatic rings. The average Bonchev–Trinajstić information content (AvgIpc) is 3.41. The van der Waals surface area contributed by atoms with Gasteiger partial charge in [-0.3, -0.25) is 15.0 Å². The third-order valence-electron chi connectivity index (χ3n) is 4.93. The fraction of sp³-hybridized carbons (Fsp3) is 0.0400. The summed E-state index contributed by atoms with van der Waals surface area (Å²) in [5.74, 6) is -0.311. The van der Waals surface area contributed by atoms with Crippen LogP contribution in [0.5, 0.6) is 0 Å². The summed E-state index contributed by atoms with van der Waals surface area (Å²) in [6, 6.07) is 24.3. The van der Waals surface area contributed by atoms with Crippen LogP contribution in [0.3, 0.4) is 0 Å². The third-order valence-corrected chi connectivity index (χ3v) is 7.45. The summed E-state index contributed by atoms with van der Waals surface area (Å²) in [6.45, 7) is 0. The predicted octanol–water partition coefficient (Wildman–Crippen LogP) is 5.40. The van der Waals surface area contributed by atoms with E-state index in [4.69, 9.17) is 11.6 Å². The minimum absolute atomic E-state index is 0.106. The van der Waals surface area contributed by atoms with E-state index < -0.39 is 5.91 Å². The van der Waals surface area contributed by atoms with Crippen LogP contribution in [0.4, 0.5) is 0 Å². The number of halogens is 1. The van der Waals surface area contributed by atoms with Crippen molar-refractivity contribution in [2.24, 2.45) is 4.99 Å². The molecule has 9 heteroatoms. The number of fused-ring (bicyclic) bond motifs is 1. The number of aromatic nitrogens is 1. The first-order valence-electron chi connectivity index (χ1n) is 10.3. The number of nitrogens with one attached hydrogen (secondary N) is 1. The van der Waals surface area contributed by atoms with Crippen molar-refractivity contribution in [2.45, 2.75) is 4.34 Å². The Hall–Kier alpha value is -3.46. The molecule has 0 aliphatic carbocycles. The largest absolute Gasteiger partial charge is 0.297 e. The first kappa shape index (κ1) is 22.3. The van der Waals surface area contributed by atoms with E-state index in [0.29, 0.717) is 22.0 Å². The number of nitrogens with zero attached hydrogens (tertiary/aromatic N) is 3. The zero-order valence-electron chi connectivity index (χ0n) is 17.6. The fourth-order valence-corrected chi connectivity index (χ4v) is 5.39. The van der Waals surface area contributed by atoms with E-state index in [2.05, 4.69) is 15.4 Å². The summed E-state index contributed by atoms with van der Waals surface area (Å²) in [5.41, 5.74) is 5.17. The van der Waals surface area contributed by atoms with Crippen LogP contribution in [0.25, 0.3) is 16.3 Å². The average molecular weight is 505 g/mol. The summed E-state index contributed by atoms with van der Waals surface area (Å²) in [5, 5.41) is 1.70. The van der Waals surface area contributed by atoms with Crippen molar-refractivity contribution in [3.63, 3.8) is 0 Å². The molecule has 0 saturated carbocycles. The van der Waals surface area contributed by atoms with Crippen molar-refractivity contribution in [3.05, 3.63) is 101 Å². The van der Waals surface area contributed by atoms with Crippen LogP contribution in [0.1, 0.15) is 11.1 Å². The number of hydrogen-bond acceptors (Lipinski definition) is 6. The summed E-state index contributed by atoms with van der Waals surface area (Å²) < 4.78 is 1.85. The van der Waals surface area contributed by atoms with Gasteiger partial charge in [-0.25, -0.2) is 9.98 Å². The molecule has 0 saturated heterocycles. The van der Waals surface area contributed by atoms with Crippen molar-refractivity contribution < 1.29 is 9.59 Å². The normalized spacial score (nSPS) is 14.6. The molecule has 2 amide bonds. The number of thioether (sulfide) groups is 1. The van der Waals surface area contributed by atoms with Crippen molar-refractivity contribution >= 4 is 68.6 Å². The first-order valence-corrected chi connectivity index (χ1v) is 12.5. The smallest absolute Gasteiger partial charge is 0.272 e. The van der Waals surface area contributed by atoms with Crippen LogP contribution in [-0.2, 0) is 9.59 Å². The maximum atomic E-state index is 13.2. The van der Waals surface area contributed by atoms with E-state index in [1.165, 1.54) is 28.1 Å². The zero-order valence-corrected chi connectivity index (χ0v) is 20.0. The number of thiazole rings is 1. The molecule has 5 rings (SSSR count). The molecule has 2 heterocycles. The number of benzene rings is 3. The second kappa shape index (κ2) is 9.80. The highest BCUT2D eigenvalue weighted by Gasteiger charge is 2.32. The predicted molar refractivity (Wildman–Crippen MR) is 138 cm³/mol. The van der Waals surface area contributed by atoms with Crippen LogP contribution in [0, 0.1) is 0 Å². The van der Waals surface area contributed by atoms with Gasteiger partial charge >= 0.3 is 0 Å². The number of aliphatic imine (C=N–C) groups is 1.